The average molecular weight is 396 g/mol. The smallest absolute Gasteiger partial charge is 0.264 e. The van der Waals surface area contributed by atoms with Crippen LogP contribution in [0.1, 0.15) is 16.8 Å². The van der Waals surface area contributed by atoms with Crippen molar-refractivity contribution < 1.29 is 4.79 Å². The molecule has 1 amide bonds. The number of aliphatic imine (C=N–C) groups is 1. The second-order valence-corrected chi connectivity index (χ2v) is 7.88. The Morgan fingerprint density at radius 2 is 1.93 bits per heavy atom. The van der Waals surface area contributed by atoms with E-state index in [1.807, 2.05) is 50.4 Å². The highest BCUT2D eigenvalue weighted by Gasteiger charge is 2.25. The molecule has 1 aliphatic rings. The van der Waals surface area contributed by atoms with Crippen LogP contribution in [0.25, 0.3) is 17.0 Å². The topological polar surface area (TPSA) is 46.4 Å². The standard InChI is InChI=1S/C21H18ClN3OS/c1-12-16(22)8-6-9-17(12)23-21-24-20(26)19(27-21)11-15-13(2)25(3)18-10-5-4-7-14(15)18/h4-11H,1-3H3,(H,23,24,26)/b19-11+. The number of benzene rings is 2. The van der Waals surface area contributed by atoms with Crippen molar-refractivity contribution in [2.45, 2.75) is 13.8 Å². The molecule has 4 nitrogen and oxygen atoms in total. The van der Waals surface area contributed by atoms with Gasteiger partial charge < -0.3 is 9.88 Å². The van der Waals surface area contributed by atoms with E-state index in [-0.39, 0.29) is 5.91 Å². The number of halogens is 1. The highest BCUT2D eigenvalue weighted by Crippen LogP contribution is 2.33. The lowest BCUT2D eigenvalue weighted by Gasteiger charge is -2.02. The van der Waals surface area contributed by atoms with E-state index >= 15 is 0 Å². The second kappa shape index (κ2) is 6.91. The number of para-hydroxylation sites is 1. The van der Waals surface area contributed by atoms with E-state index in [1.165, 1.54) is 11.8 Å². The molecule has 2 aromatic carbocycles. The highest BCUT2D eigenvalue weighted by molar-refractivity contribution is 8.18. The fourth-order valence-corrected chi connectivity index (χ4v) is 4.16. The van der Waals surface area contributed by atoms with Crippen LogP contribution in [0.5, 0.6) is 0 Å². The van der Waals surface area contributed by atoms with E-state index in [1.54, 1.807) is 0 Å². The van der Waals surface area contributed by atoms with Crippen molar-refractivity contribution >= 4 is 57.1 Å². The number of carbonyl (C=O) groups is 1. The summed E-state index contributed by atoms with van der Waals surface area (Å²) in [7, 11) is 2.04. The molecule has 1 N–H and O–H groups in total. The number of hydrogen-bond acceptors (Lipinski definition) is 3. The molecule has 0 radical (unpaired) electrons. The summed E-state index contributed by atoms with van der Waals surface area (Å²) in [5, 5.41) is 5.21. The number of aryl methyl sites for hydroxylation is 1. The fraction of sp³-hybridized carbons (Fsp3) is 0.143. The van der Waals surface area contributed by atoms with Gasteiger partial charge in [-0.25, -0.2) is 4.99 Å². The summed E-state index contributed by atoms with van der Waals surface area (Å²) >= 11 is 7.51. The van der Waals surface area contributed by atoms with Crippen LogP contribution in [0.3, 0.4) is 0 Å². The third-order valence-corrected chi connectivity index (χ3v) is 6.16. The number of hydrogen-bond donors (Lipinski definition) is 1. The van der Waals surface area contributed by atoms with Crippen LogP contribution in [-0.2, 0) is 11.8 Å². The normalized spacial score (nSPS) is 17.3. The number of amidine groups is 1. The van der Waals surface area contributed by atoms with E-state index < -0.39 is 0 Å². The van der Waals surface area contributed by atoms with Crippen LogP contribution in [0.4, 0.5) is 5.69 Å². The summed E-state index contributed by atoms with van der Waals surface area (Å²) in [4.78, 5) is 17.7. The van der Waals surface area contributed by atoms with Crippen molar-refractivity contribution in [3.05, 3.63) is 69.2 Å². The molecule has 0 saturated carbocycles. The second-order valence-electron chi connectivity index (χ2n) is 6.44. The monoisotopic (exact) mass is 395 g/mol. The van der Waals surface area contributed by atoms with Crippen LogP contribution in [0.2, 0.25) is 5.02 Å². The van der Waals surface area contributed by atoms with Gasteiger partial charge in [-0.15, -0.1) is 0 Å². The first-order valence-electron chi connectivity index (χ1n) is 8.54. The van der Waals surface area contributed by atoms with Crippen molar-refractivity contribution in [1.82, 2.24) is 9.88 Å². The third kappa shape index (κ3) is 3.17. The number of rotatable bonds is 2. The lowest BCUT2D eigenvalue weighted by atomic mass is 10.1. The molecule has 0 bridgehead atoms. The van der Waals surface area contributed by atoms with Gasteiger partial charge in [0, 0.05) is 34.2 Å². The maximum Gasteiger partial charge on any atom is 0.264 e. The third-order valence-electron chi connectivity index (χ3n) is 4.84. The summed E-state index contributed by atoms with van der Waals surface area (Å²) in [5.74, 6) is -0.134. The summed E-state index contributed by atoms with van der Waals surface area (Å²) < 4.78 is 2.14. The molecular weight excluding hydrogens is 378 g/mol. The number of nitrogens with one attached hydrogen (secondary N) is 1. The van der Waals surface area contributed by atoms with Crippen molar-refractivity contribution in [1.29, 1.82) is 0 Å². The van der Waals surface area contributed by atoms with E-state index in [0.717, 1.165) is 33.4 Å². The molecule has 1 saturated heterocycles. The Balaban J connectivity index is 1.73. The lowest BCUT2D eigenvalue weighted by molar-refractivity contribution is -0.115. The highest BCUT2D eigenvalue weighted by atomic mass is 35.5. The van der Waals surface area contributed by atoms with Gasteiger partial charge in [-0.05, 0) is 55.4 Å². The summed E-state index contributed by atoms with van der Waals surface area (Å²) in [6, 6.07) is 13.8. The predicted molar refractivity (Wildman–Crippen MR) is 115 cm³/mol. The molecule has 2 heterocycles. The molecule has 0 atom stereocenters. The minimum atomic E-state index is -0.134. The van der Waals surface area contributed by atoms with E-state index in [0.29, 0.717) is 15.1 Å². The van der Waals surface area contributed by atoms with Gasteiger partial charge in [-0.1, -0.05) is 35.9 Å². The van der Waals surface area contributed by atoms with Gasteiger partial charge in [0.25, 0.3) is 5.91 Å². The van der Waals surface area contributed by atoms with Gasteiger partial charge in [0.2, 0.25) is 0 Å². The molecule has 1 fully saturated rings. The van der Waals surface area contributed by atoms with Crippen LogP contribution >= 0.6 is 23.4 Å². The Labute approximate surface area is 166 Å². The van der Waals surface area contributed by atoms with E-state index in [2.05, 4.69) is 33.9 Å². The molecule has 1 aromatic heterocycles. The Kier molecular flexibility index (Phi) is 4.58. The zero-order valence-corrected chi connectivity index (χ0v) is 16.8. The summed E-state index contributed by atoms with van der Waals surface area (Å²) in [6.45, 7) is 3.98. The molecule has 0 spiro atoms. The largest absolute Gasteiger partial charge is 0.347 e. The Morgan fingerprint density at radius 3 is 2.74 bits per heavy atom. The van der Waals surface area contributed by atoms with Crippen LogP contribution in [0.15, 0.2) is 52.4 Å². The minimum absolute atomic E-state index is 0.134. The summed E-state index contributed by atoms with van der Waals surface area (Å²) in [6.07, 6.45) is 1.95. The fourth-order valence-electron chi connectivity index (χ4n) is 3.17. The molecule has 3 aromatic rings. The van der Waals surface area contributed by atoms with E-state index in [9.17, 15) is 4.79 Å². The predicted octanol–water partition coefficient (Wildman–Crippen LogP) is 5.34. The number of aromatic nitrogens is 1. The maximum absolute atomic E-state index is 12.5. The van der Waals surface area contributed by atoms with Gasteiger partial charge in [0.05, 0.1) is 10.6 Å². The molecule has 4 rings (SSSR count). The number of nitrogens with zero attached hydrogens (tertiary/aromatic N) is 2. The number of thioether (sulfide) groups is 1. The molecule has 1 aliphatic heterocycles. The zero-order valence-electron chi connectivity index (χ0n) is 15.2. The van der Waals surface area contributed by atoms with Gasteiger partial charge >= 0.3 is 0 Å². The number of carbonyl (C=O) groups excluding carboxylic acids is 1. The van der Waals surface area contributed by atoms with Crippen LogP contribution < -0.4 is 5.32 Å². The molecule has 6 heteroatoms. The average Bonchev–Trinajstić information content (AvgIpc) is 3.12. The van der Waals surface area contributed by atoms with Crippen LogP contribution in [-0.4, -0.2) is 15.6 Å². The first kappa shape index (κ1) is 17.9. The van der Waals surface area contributed by atoms with Gasteiger partial charge in [-0.3, -0.25) is 4.79 Å². The minimum Gasteiger partial charge on any atom is -0.347 e. The molecule has 0 unspecified atom stereocenters. The van der Waals surface area contributed by atoms with Crippen molar-refractivity contribution in [2.75, 3.05) is 0 Å². The summed E-state index contributed by atoms with van der Waals surface area (Å²) in [5.41, 5.74) is 4.98. The van der Waals surface area contributed by atoms with Crippen molar-refractivity contribution in [3.63, 3.8) is 0 Å². The number of fused-ring (bicyclic) bond motifs is 1. The molecule has 136 valence electrons. The number of amides is 1. The first-order valence-corrected chi connectivity index (χ1v) is 9.74. The molecule has 27 heavy (non-hydrogen) atoms. The molecule has 0 aliphatic carbocycles. The van der Waals surface area contributed by atoms with Crippen molar-refractivity contribution in [3.8, 4) is 0 Å². The first-order chi connectivity index (χ1) is 13.0. The van der Waals surface area contributed by atoms with Gasteiger partial charge in [0.15, 0.2) is 5.17 Å². The Hall–Kier alpha value is -2.50. The SMILES string of the molecule is Cc1c(Cl)cccc1N=C1NC(=O)/C(=C\c2c(C)n(C)c3ccccc23)S1. The quantitative estimate of drug-likeness (QED) is 0.595. The van der Waals surface area contributed by atoms with Crippen molar-refractivity contribution in [2.24, 2.45) is 12.0 Å². The lowest BCUT2D eigenvalue weighted by Crippen LogP contribution is -2.19. The molecular formula is C21H18ClN3OS. The van der Waals surface area contributed by atoms with Crippen LogP contribution in [0, 0.1) is 13.8 Å². The van der Waals surface area contributed by atoms with Gasteiger partial charge in [0.1, 0.15) is 0 Å². The zero-order chi connectivity index (χ0) is 19.1. The van der Waals surface area contributed by atoms with E-state index in [4.69, 9.17) is 11.6 Å². The maximum atomic E-state index is 12.5. The Morgan fingerprint density at radius 1 is 1.15 bits per heavy atom. The Bertz CT molecular complexity index is 1140. The van der Waals surface area contributed by atoms with Gasteiger partial charge in [-0.2, -0.15) is 0 Å².